The van der Waals surface area contributed by atoms with Crippen LogP contribution in [-0.2, 0) is 27.3 Å². The van der Waals surface area contributed by atoms with Gasteiger partial charge in [-0.25, -0.2) is 0 Å². The normalized spacial score (nSPS) is 17.5. The van der Waals surface area contributed by atoms with E-state index in [1.807, 2.05) is 31.2 Å². The smallest absolute Gasteiger partial charge is 0.308 e. The lowest BCUT2D eigenvalue weighted by Gasteiger charge is -2.17. The Morgan fingerprint density at radius 2 is 2.14 bits per heavy atom. The summed E-state index contributed by atoms with van der Waals surface area (Å²) in [5.74, 6) is -1.88. The van der Waals surface area contributed by atoms with Gasteiger partial charge in [0, 0.05) is 19.5 Å². The molecule has 2 N–H and O–H groups in total. The first-order valence-corrected chi connectivity index (χ1v) is 9.28. The first-order valence-electron chi connectivity index (χ1n) is 9.28. The van der Waals surface area contributed by atoms with E-state index in [1.54, 1.807) is 23.3 Å². The van der Waals surface area contributed by atoms with E-state index in [0.717, 1.165) is 11.1 Å². The zero-order valence-corrected chi connectivity index (χ0v) is 15.8. The van der Waals surface area contributed by atoms with Gasteiger partial charge in [0.05, 0.1) is 24.6 Å². The number of carboxylic acid groups (broad SMARTS) is 1. The van der Waals surface area contributed by atoms with Crippen LogP contribution < -0.4 is 5.32 Å². The number of furan rings is 1. The summed E-state index contributed by atoms with van der Waals surface area (Å²) in [6, 6.07) is 11.2. The highest BCUT2D eigenvalue weighted by atomic mass is 16.4. The van der Waals surface area contributed by atoms with Crippen LogP contribution in [0.2, 0.25) is 0 Å². The van der Waals surface area contributed by atoms with E-state index in [1.165, 1.54) is 0 Å². The number of nitrogens with one attached hydrogen (secondary N) is 1. The van der Waals surface area contributed by atoms with E-state index in [9.17, 15) is 19.5 Å². The number of carboxylic acids is 1. The first kappa shape index (κ1) is 19.7. The molecule has 1 fully saturated rings. The molecule has 0 bridgehead atoms. The van der Waals surface area contributed by atoms with E-state index < -0.39 is 17.8 Å². The Kier molecular flexibility index (Phi) is 6.13. The average molecular weight is 384 g/mol. The molecule has 2 heterocycles. The van der Waals surface area contributed by atoms with Gasteiger partial charge >= 0.3 is 5.97 Å². The highest BCUT2D eigenvalue weighted by molar-refractivity contribution is 5.89. The molecule has 1 aromatic carbocycles. The van der Waals surface area contributed by atoms with Crippen molar-refractivity contribution in [3.05, 3.63) is 59.5 Å². The van der Waals surface area contributed by atoms with Gasteiger partial charge in [0.15, 0.2) is 0 Å². The molecule has 7 heteroatoms. The van der Waals surface area contributed by atoms with Crippen molar-refractivity contribution in [2.24, 2.45) is 11.8 Å². The third-order valence-electron chi connectivity index (χ3n) is 4.95. The van der Waals surface area contributed by atoms with Gasteiger partial charge in [-0.15, -0.1) is 0 Å². The Morgan fingerprint density at radius 1 is 1.32 bits per heavy atom. The lowest BCUT2D eigenvalue weighted by atomic mass is 9.97. The topological polar surface area (TPSA) is 99.9 Å². The fourth-order valence-electron chi connectivity index (χ4n) is 3.43. The SMILES string of the molecule is Cc1cccc(CC(CNC(=O)C2CC(=O)N(Cc3ccco3)C2)C(=O)O)c1. The number of aryl methyl sites for hydroxylation is 1. The van der Waals surface area contributed by atoms with Crippen LogP contribution in [0.1, 0.15) is 23.3 Å². The second-order valence-electron chi connectivity index (χ2n) is 7.23. The third-order valence-corrected chi connectivity index (χ3v) is 4.95. The van der Waals surface area contributed by atoms with Crippen LogP contribution in [0.5, 0.6) is 0 Å². The summed E-state index contributed by atoms with van der Waals surface area (Å²) in [7, 11) is 0. The van der Waals surface area contributed by atoms with Gasteiger partial charge in [0.1, 0.15) is 5.76 Å². The zero-order chi connectivity index (χ0) is 20.1. The summed E-state index contributed by atoms with van der Waals surface area (Å²) in [6.07, 6.45) is 2.01. The van der Waals surface area contributed by atoms with Crippen molar-refractivity contribution < 1.29 is 23.9 Å². The maximum atomic E-state index is 12.5. The lowest BCUT2D eigenvalue weighted by Crippen LogP contribution is -2.38. The number of nitrogens with zero attached hydrogens (tertiary/aromatic N) is 1. The summed E-state index contributed by atoms with van der Waals surface area (Å²) < 4.78 is 5.25. The Balaban J connectivity index is 1.53. The average Bonchev–Trinajstić information content (AvgIpc) is 3.29. The molecule has 1 aliphatic rings. The quantitative estimate of drug-likeness (QED) is 0.725. The molecule has 0 aliphatic carbocycles. The van der Waals surface area contributed by atoms with Crippen molar-refractivity contribution in [1.29, 1.82) is 0 Å². The number of aliphatic carboxylic acids is 1. The van der Waals surface area contributed by atoms with Crippen molar-refractivity contribution in [3.63, 3.8) is 0 Å². The highest BCUT2D eigenvalue weighted by Crippen LogP contribution is 2.21. The number of carbonyl (C=O) groups is 3. The molecular formula is C21H24N2O5. The van der Waals surface area contributed by atoms with Gasteiger partial charge < -0.3 is 19.7 Å². The van der Waals surface area contributed by atoms with Crippen LogP contribution in [0.15, 0.2) is 47.1 Å². The predicted molar refractivity (Wildman–Crippen MR) is 101 cm³/mol. The van der Waals surface area contributed by atoms with Gasteiger partial charge in [0.2, 0.25) is 11.8 Å². The fourth-order valence-corrected chi connectivity index (χ4v) is 3.43. The number of amides is 2. The molecule has 2 unspecified atom stereocenters. The number of hydrogen-bond donors (Lipinski definition) is 2. The molecule has 1 aliphatic heterocycles. The minimum absolute atomic E-state index is 0.0327. The molecule has 0 radical (unpaired) electrons. The first-order chi connectivity index (χ1) is 13.4. The van der Waals surface area contributed by atoms with Crippen molar-refractivity contribution in [2.75, 3.05) is 13.1 Å². The van der Waals surface area contributed by atoms with Gasteiger partial charge in [-0.2, -0.15) is 0 Å². The Bertz CT molecular complexity index is 846. The number of rotatable bonds is 8. The molecule has 1 saturated heterocycles. The van der Waals surface area contributed by atoms with Crippen molar-refractivity contribution >= 4 is 17.8 Å². The summed E-state index contributed by atoms with van der Waals surface area (Å²) in [5, 5.41) is 12.2. The minimum Gasteiger partial charge on any atom is -0.481 e. The summed E-state index contributed by atoms with van der Waals surface area (Å²) in [6.45, 7) is 2.62. The third kappa shape index (κ3) is 5.00. The van der Waals surface area contributed by atoms with E-state index in [0.29, 0.717) is 25.3 Å². The number of benzene rings is 1. The van der Waals surface area contributed by atoms with E-state index in [4.69, 9.17) is 4.42 Å². The van der Waals surface area contributed by atoms with Crippen LogP contribution in [0.3, 0.4) is 0 Å². The summed E-state index contributed by atoms with van der Waals surface area (Å²) >= 11 is 0. The van der Waals surface area contributed by atoms with Crippen LogP contribution in [0, 0.1) is 18.8 Å². The van der Waals surface area contributed by atoms with Crippen molar-refractivity contribution in [3.8, 4) is 0 Å². The fraction of sp³-hybridized carbons (Fsp3) is 0.381. The van der Waals surface area contributed by atoms with E-state index in [-0.39, 0.29) is 24.8 Å². The molecule has 7 nitrogen and oxygen atoms in total. The molecule has 2 amide bonds. The van der Waals surface area contributed by atoms with E-state index >= 15 is 0 Å². The highest BCUT2D eigenvalue weighted by Gasteiger charge is 2.35. The largest absolute Gasteiger partial charge is 0.481 e. The molecule has 148 valence electrons. The predicted octanol–water partition coefficient (Wildman–Crippen LogP) is 2.00. The second-order valence-corrected chi connectivity index (χ2v) is 7.23. The summed E-state index contributed by atoms with van der Waals surface area (Å²) in [4.78, 5) is 37.8. The van der Waals surface area contributed by atoms with Crippen molar-refractivity contribution in [2.45, 2.75) is 26.3 Å². The molecule has 0 saturated carbocycles. The lowest BCUT2D eigenvalue weighted by molar-refractivity contribution is -0.141. The standard InChI is InChI=1S/C21H24N2O5/c1-14-4-2-5-15(8-14)9-16(21(26)27)11-22-20(25)17-10-19(24)23(12-17)13-18-6-3-7-28-18/h2-8,16-17H,9-13H2,1H3,(H,22,25)(H,26,27). The van der Waals surface area contributed by atoms with Crippen LogP contribution >= 0.6 is 0 Å². The van der Waals surface area contributed by atoms with Gasteiger partial charge in [-0.05, 0) is 31.0 Å². The molecule has 3 rings (SSSR count). The zero-order valence-electron chi connectivity index (χ0n) is 15.8. The monoisotopic (exact) mass is 384 g/mol. The Morgan fingerprint density at radius 3 is 2.82 bits per heavy atom. The number of carbonyl (C=O) groups excluding carboxylic acids is 2. The molecular weight excluding hydrogens is 360 g/mol. The van der Waals surface area contributed by atoms with Crippen LogP contribution in [0.25, 0.3) is 0 Å². The molecule has 1 aromatic heterocycles. The van der Waals surface area contributed by atoms with Crippen LogP contribution in [0.4, 0.5) is 0 Å². The van der Waals surface area contributed by atoms with Crippen LogP contribution in [-0.4, -0.2) is 40.9 Å². The summed E-state index contributed by atoms with van der Waals surface area (Å²) in [5.41, 5.74) is 1.98. The minimum atomic E-state index is -0.955. The maximum absolute atomic E-state index is 12.5. The molecule has 2 aromatic rings. The molecule has 2 atom stereocenters. The number of likely N-dealkylation sites (tertiary alicyclic amines) is 1. The van der Waals surface area contributed by atoms with Gasteiger partial charge in [-0.3, -0.25) is 14.4 Å². The van der Waals surface area contributed by atoms with Gasteiger partial charge in [0.25, 0.3) is 0 Å². The molecule has 0 spiro atoms. The maximum Gasteiger partial charge on any atom is 0.308 e. The Hall–Kier alpha value is -3.09. The second kappa shape index (κ2) is 8.73. The van der Waals surface area contributed by atoms with Gasteiger partial charge in [-0.1, -0.05) is 29.8 Å². The molecule has 28 heavy (non-hydrogen) atoms. The number of hydrogen-bond acceptors (Lipinski definition) is 4. The Labute approximate surface area is 163 Å². The van der Waals surface area contributed by atoms with E-state index in [2.05, 4.69) is 5.32 Å². The van der Waals surface area contributed by atoms with Crippen molar-refractivity contribution in [1.82, 2.24) is 10.2 Å².